The fourth-order valence-corrected chi connectivity index (χ4v) is 4.30. The monoisotopic (exact) mass is 532 g/mol. The van der Waals surface area contributed by atoms with E-state index in [-0.39, 0.29) is 29.5 Å². The molecule has 1 unspecified atom stereocenters. The van der Waals surface area contributed by atoms with E-state index in [9.17, 15) is 19.7 Å². The number of carbonyl (C=O) groups excluding carboxylic acids is 2. The first kappa shape index (κ1) is 27.1. The minimum absolute atomic E-state index is 0.0552. The summed E-state index contributed by atoms with van der Waals surface area (Å²) in [6.07, 6.45) is 0. The third-order valence-corrected chi connectivity index (χ3v) is 6.22. The maximum atomic E-state index is 12.9. The van der Waals surface area contributed by atoms with Gasteiger partial charge in [-0.2, -0.15) is 0 Å². The van der Waals surface area contributed by atoms with Gasteiger partial charge in [-0.15, -0.1) is 0 Å². The van der Waals surface area contributed by atoms with Crippen LogP contribution in [0.25, 0.3) is 0 Å². The molecule has 2 aromatic rings. The van der Waals surface area contributed by atoms with Gasteiger partial charge in [0, 0.05) is 36.7 Å². The maximum absolute atomic E-state index is 12.9. The summed E-state index contributed by atoms with van der Waals surface area (Å²) >= 11 is 11.3. The number of hydrogen-bond acceptors (Lipinski definition) is 7. The largest absolute Gasteiger partial charge is 0.460 e. The molecule has 0 aliphatic carbocycles. The molecule has 0 saturated heterocycles. The summed E-state index contributed by atoms with van der Waals surface area (Å²) < 4.78 is 10.3. The number of benzene rings is 2. The molecule has 2 aromatic carbocycles. The number of thiocarbonyl (C=S) groups is 1. The van der Waals surface area contributed by atoms with E-state index in [0.29, 0.717) is 28.6 Å². The molecule has 1 heterocycles. The second-order valence-electron chi connectivity index (χ2n) is 7.75. The van der Waals surface area contributed by atoms with E-state index < -0.39 is 22.8 Å². The minimum atomic E-state index is -0.650. The van der Waals surface area contributed by atoms with Crippen LogP contribution in [0.5, 0.6) is 0 Å². The number of anilines is 1. The number of esters is 1. The highest BCUT2D eigenvalue weighted by Gasteiger charge is 2.34. The Hall–Kier alpha value is -3.54. The topological polar surface area (TPSA) is 123 Å². The summed E-state index contributed by atoms with van der Waals surface area (Å²) in [4.78, 5) is 37.8. The Morgan fingerprint density at radius 1 is 1.22 bits per heavy atom. The molecule has 0 saturated carbocycles. The normalized spacial score (nSPS) is 15.4. The number of rotatable bonds is 9. The molecule has 36 heavy (non-hydrogen) atoms. The molecule has 1 atom stereocenters. The molecule has 1 amide bonds. The molecule has 1 aliphatic rings. The minimum Gasteiger partial charge on any atom is -0.460 e. The average Bonchev–Trinajstić information content (AvgIpc) is 2.84. The van der Waals surface area contributed by atoms with Crippen LogP contribution < -0.4 is 10.6 Å². The van der Waals surface area contributed by atoms with Crippen LogP contribution >= 0.6 is 23.8 Å². The lowest BCUT2D eigenvalue weighted by atomic mass is 9.95. The molecule has 10 nitrogen and oxygen atoms in total. The van der Waals surface area contributed by atoms with Crippen LogP contribution in [0.3, 0.4) is 0 Å². The number of ether oxygens (including phenoxy) is 2. The van der Waals surface area contributed by atoms with Crippen LogP contribution in [0.15, 0.2) is 53.7 Å². The van der Waals surface area contributed by atoms with Crippen LogP contribution in [-0.4, -0.2) is 53.7 Å². The third-order valence-electron chi connectivity index (χ3n) is 5.56. The lowest BCUT2D eigenvalue weighted by molar-refractivity contribution is -0.384. The molecule has 2 N–H and O–H groups in total. The van der Waals surface area contributed by atoms with Gasteiger partial charge in [-0.25, -0.2) is 4.79 Å². The molecule has 190 valence electrons. The predicted octanol–water partition coefficient (Wildman–Crippen LogP) is 4.22. The van der Waals surface area contributed by atoms with E-state index in [1.54, 1.807) is 24.3 Å². The number of methoxy groups -OCH3 is 1. The number of nitrogens with zero attached hydrogens (tertiary/aromatic N) is 2. The number of amides is 1. The van der Waals surface area contributed by atoms with E-state index >= 15 is 0 Å². The summed E-state index contributed by atoms with van der Waals surface area (Å²) in [6.45, 7) is 4.71. The number of nitro groups is 1. The first-order chi connectivity index (χ1) is 17.2. The highest BCUT2D eigenvalue weighted by atomic mass is 35.5. The number of nitrogens with one attached hydrogen (secondary N) is 2. The molecule has 1 aliphatic heterocycles. The van der Waals surface area contributed by atoms with Crippen molar-refractivity contribution in [2.45, 2.75) is 19.9 Å². The van der Waals surface area contributed by atoms with Crippen LogP contribution in [-0.2, 0) is 14.3 Å². The van der Waals surface area contributed by atoms with E-state index in [0.717, 1.165) is 11.6 Å². The van der Waals surface area contributed by atoms with Crippen LogP contribution in [0, 0.1) is 10.1 Å². The van der Waals surface area contributed by atoms with Gasteiger partial charge < -0.3 is 25.0 Å². The Bertz CT molecular complexity index is 1220. The Morgan fingerprint density at radius 3 is 2.53 bits per heavy atom. The third kappa shape index (κ3) is 5.99. The summed E-state index contributed by atoms with van der Waals surface area (Å²) in [7, 11) is 1.52. The molecule has 3 rings (SSSR count). The number of nitro benzene ring substituents is 1. The highest BCUT2D eigenvalue weighted by molar-refractivity contribution is 7.80. The van der Waals surface area contributed by atoms with Crippen LogP contribution in [0.1, 0.15) is 35.8 Å². The lowest BCUT2D eigenvalue weighted by Crippen LogP contribution is -2.47. The molecular formula is C24H25ClN4O6S. The molecule has 0 spiro atoms. The predicted molar refractivity (Wildman–Crippen MR) is 139 cm³/mol. The Kier molecular flexibility index (Phi) is 8.97. The zero-order valence-corrected chi connectivity index (χ0v) is 21.4. The zero-order chi connectivity index (χ0) is 26.4. The highest BCUT2D eigenvalue weighted by Crippen LogP contribution is 2.32. The molecule has 0 radical (unpaired) electrons. The van der Waals surface area contributed by atoms with Gasteiger partial charge in [-0.1, -0.05) is 23.7 Å². The number of allylic oxidation sites excluding steroid dienone is 1. The van der Waals surface area contributed by atoms with Gasteiger partial charge in [0.1, 0.15) is 11.6 Å². The molecule has 12 heteroatoms. The van der Waals surface area contributed by atoms with Crippen molar-refractivity contribution in [1.82, 2.24) is 10.2 Å². The van der Waals surface area contributed by atoms with E-state index in [1.165, 1.54) is 19.2 Å². The fourth-order valence-electron chi connectivity index (χ4n) is 3.73. The number of hydrogen-bond donors (Lipinski definition) is 2. The first-order valence-corrected chi connectivity index (χ1v) is 11.8. The van der Waals surface area contributed by atoms with Gasteiger partial charge in [-0.3, -0.25) is 14.9 Å². The van der Waals surface area contributed by atoms with E-state index in [4.69, 9.17) is 33.3 Å². The molecular weight excluding hydrogens is 508 g/mol. The van der Waals surface area contributed by atoms with Crippen molar-refractivity contribution in [3.8, 4) is 0 Å². The second kappa shape index (κ2) is 11.9. The van der Waals surface area contributed by atoms with Crippen molar-refractivity contribution in [3.05, 3.63) is 80.0 Å². The molecule has 0 bridgehead atoms. The molecule has 0 aromatic heterocycles. The smallest absolute Gasteiger partial charge is 0.338 e. The van der Waals surface area contributed by atoms with Gasteiger partial charge in [0.05, 0.1) is 23.1 Å². The van der Waals surface area contributed by atoms with Crippen LogP contribution in [0.2, 0.25) is 5.02 Å². The van der Waals surface area contributed by atoms with Crippen molar-refractivity contribution in [1.29, 1.82) is 0 Å². The number of carbonyl (C=O) groups is 2. The van der Waals surface area contributed by atoms with Crippen LogP contribution in [0.4, 0.5) is 11.4 Å². The van der Waals surface area contributed by atoms with Crippen molar-refractivity contribution in [2.24, 2.45) is 0 Å². The Balaban J connectivity index is 1.83. The Labute approximate surface area is 218 Å². The van der Waals surface area contributed by atoms with Gasteiger partial charge in [0.2, 0.25) is 0 Å². The van der Waals surface area contributed by atoms with E-state index in [2.05, 4.69) is 10.6 Å². The molecule has 0 fully saturated rings. The first-order valence-electron chi connectivity index (χ1n) is 11.0. The summed E-state index contributed by atoms with van der Waals surface area (Å²) in [5.74, 6) is -1.01. The lowest BCUT2D eigenvalue weighted by Gasteiger charge is -2.37. The fraction of sp³-hybridized carbons (Fsp3) is 0.292. The summed E-state index contributed by atoms with van der Waals surface area (Å²) in [5.41, 5.74) is 2.04. The van der Waals surface area contributed by atoms with E-state index in [1.807, 2.05) is 18.7 Å². The number of halogens is 1. The van der Waals surface area contributed by atoms with Gasteiger partial charge >= 0.3 is 5.97 Å². The standard InChI is InChI=1S/C24H25ClN4O6S/c1-4-28-14(2)20(23(31)35-12-11-34-3)21(27-24(28)36)15-5-8-17(9-6-15)26-22(30)16-7-10-18(25)19(13-16)29(32)33/h5-10,13,21H,4,11-12H2,1-3H3,(H,26,30)(H,27,36). The van der Waals surface area contributed by atoms with Crippen molar-refractivity contribution < 1.29 is 24.0 Å². The summed E-state index contributed by atoms with van der Waals surface area (Å²) in [6, 6.07) is 10.1. The Morgan fingerprint density at radius 2 is 1.92 bits per heavy atom. The van der Waals surface area contributed by atoms with Crippen molar-refractivity contribution in [2.75, 3.05) is 32.2 Å². The zero-order valence-electron chi connectivity index (χ0n) is 19.9. The van der Waals surface area contributed by atoms with Crippen molar-refractivity contribution in [3.63, 3.8) is 0 Å². The average molecular weight is 533 g/mol. The van der Waals surface area contributed by atoms with Gasteiger partial charge in [0.25, 0.3) is 11.6 Å². The van der Waals surface area contributed by atoms with Gasteiger partial charge in [0.15, 0.2) is 5.11 Å². The van der Waals surface area contributed by atoms with Gasteiger partial charge in [-0.05, 0) is 55.9 Å². The second-order valence-corrected chi connectivity index (χ2v) is 8.55. The summed E-state index contributed by atoms with van der Waals surface area (Å²) in [5, 5.41) is 17.4. The quantitative estimate of drug-likeness (QED) is 0.161. The maximum Gasteiger partial charge on any atom is 0.338 e. The SMILES string of the molecule is CCN1C(=S)NC(c2ccc(NC(=O)c3ccc(Cl)c([N+](=O)[O-])c3)cc2)C(C(=O)OCCOC)=C1C. The van der Waals surface area contributed by atoms with Crippen molar-refractivity contribution >= 4 is 52.2 Å².